The third-order valence-corrected chi connectivity index (χ3v) is 9.02. The van der Waals surface area contributed by atoms with Crippen molar-refractivity contribution in [3.8, 4) is 0 Å². The van der Waals surface area contributed by atoms with Crippen molar-refractivity contribution in [3.63, 3.8) is 0 Å². The van der Waals surface area contributed by atoms with Gasteiger partial charge >= 0.3 is 0 Å². The van der Waals surface area contributed by atoms with Crippen LogP contribution >= 0.6 is 0 Å². The third-order valence-electron chi connectivity index (χ3n) is 8.23. The fourth-order valence-corrected chi connectivity index (χ4v) is 6.54. The number of hydrogen-bond donors (Lipinski definition) is 0. The number of amides is 1. The van der Waals surface area contributed by atoms with Crippen LogP contribution in [0.4, 0.5) is 0 Å². The lowest BCUT2D eigenvalue weighted by atomic mass is 9.93. The van der Waals surface area contributed by atoms with E-state index in [0.717, 1.165) is 56.5 Å². The Kier molecular flexibility index (Phi) is 18.0. The summed E-state index contributed by atoms with van der Waals surface area (Å²) in [5.74, 6) is -0.0193. The molecule has 0 aromatic rings. The minimum absolute atomic E-state index is 0.0224. The number of nitrogens with zero attached hydrogens (tertiary/aromatic N) is 2. The zero-order valence-corrected chi connectivity index (χ0v) is 24.8. The number of piperidine rings is 1. The largest absolute Gasteiger partial charge is 0.748 e. The average molecular weight is 531 g/mol. The van der Waals surface area contributed by atoms with Gasteiger partial charge in [0.05, 0.1) is 42.2 Å². The highest BCUT2D eigenvalue weighted by Crippen LogP contribution is 2.27. The predicted octanol–water partition coefficient (Wildman–Crippen LogP) is 6.50. The van der Waals surface area contributed by atoms with Gasteiger partial charge in [0.2, 0.25) is 5.91 Å². The number of quaternary nitrogens is 1. The number of rotatable bonds is 22. The summed E-state index contributed by atoms with van der Waals surface area (Å²) in [6, 6.07) is 0. The van der Waals surface area contributed by atoms with Crippen LogP contribution in [-0.4, -0.2) is 73.3 Å². The Balaban J connectivity index is 2.37. The molecule has 2 atom stereocenters. The number of hydrogen-bond acceptors (Lipinski definition) is 4. The lowest BCUT2D eigenvalue weighted by molar-refractivity contribution is -0.935. The molecule has 1 aliphatic rings. The number of carbonyl (C=O) groups is 1. The van der Waals surface area contributed by atoms with E-state index in [2.05, 4.69) is 6.92 Å². The molecular formula is C29H58N2O4S. The summed E-state index contributed by atoms with van der Waals surface area (Å²) in [5, 5.41) is 0. The summed E-state index contributed by atoms with van der Waals surface area (Å²) in [7, 11) is -4.19. The van der Waals surface area contributed by atoms with Crippen molar-refractivity contribution in [1.29, 1.82) is 0 Å². The standard InChI is InChI=1S/C29H58N2O4S/c1-4-7-8-9-10-11-12-13-14-15-16-17-18-19-23-31(25-21-26-36(33,34)35)24-20-22-28(27-31)29(32)30(5-2)6-3/h28H,4-27H2,1-3H3. The molecule has 0 aromatic carbocycles. The molecule has 2 unspecified atom stereocenters. The normalized spacial score (nSPS) is 20.5. The van der Waals surface area contributed by atoms with E-state index in [-0.39, 0.29) is 17.6 Å². The molecule has 0 N–H and O–H groups in total. The first-order valence-corrected chi connectivity index (χ1v) is 16.9. The van der Waals surface area contributed by atoms with E-state index in [0.29, 0.717) is 13.0 Å². The van der Waals surface area contributed by atoms with E-state index < -0.39 is 10.1 Å². The van der Waals surface area contributed by atoms with Crippen LogP contribution in [0.15, 0.2) is 0 Å². The van der Waals surface area contributed by atoms with Crippen LogP contribution in [-0.2, 0) is 14.9 Å². The maximum absolute atomic E-state index is 13.1. The molecule has 1 fully saturated rings. The summed E-state index contributed by atoms with van der Waals surface area (Å²) in [4.78, 5) is 15.0. The van der Waals surface area contributed by atoms with Gasteiger partial charge in [0.25, 0.3) is 0 Å². The zero-order chi connectivity index (χ0) is 26.7. The van der Waals surface area contributed by atoms with Gasteiger partial charge in [-0.3, -0.25) is 4.79 Å². The molecule has 0 spiro atoms. The highest BCUT2D eigenvalue weighted by molar-refractivity contribution is 7.85. The lowest BCUT2D eigenvalue weighted by Gasteiger charge is -2.45. The van der Waals surface area contributed by atoms with Gasteiger partial charge in [-0.1, -0.05) is 84.0 Å². The van der Waals surface area contributed by atoms with Gasteiger partial charge in [-0.15, -0.1) is 0 Å². The highest BCUT2D eigenvalue weighted by atomic mass is 32.2. The Morgan fingerprint density at radius 3 is 1.72 bits per heavy atom. The van der Waals surface area contributed by atoms with Crippen LogP contribution in [0.2, 0.25) is 0 Å². The van der Waals surface area contributed by atoms with Crippen molar-refractivity contribution in [3.05, 3.63) is 0 Å². The van der Waals surface area contributed by atoms with Gasteiger partial charge in [0.1, 0.15) is 0 Å². The third kappa shape index (κ3) is 14.9. The molecule has 0 bridgehead atoms. The molecule has 7 heteroatoms. The van der Waals surface area contributed by atoms with Crippen molar-refractivity contribution < 1.29 is 22.2 Å². The molecule has 1 aliphatic heterocycles. The minimum atomic E-state index is -4.19. The van der Waals surface area contributed by atoms with Crippen LogP contribution in [0.1, 0.15) is 130 Å². The van der Waals surface area contributed by atoms with E-state index >= 15 is 0 Å². The van der Waals surface area contributed by atoms with Gasteiger partial charge in [-0.2, -0.15) is 0 Å². The molecule has 0 radical (unpaired) electrons. The van der Waals surface area contributed by atoms with E-state index in [4.69, 9.17) is 0 Å². The first-order valence-electron chi connectivity index (χ1n) is 15.3. The van der Waals surface area contributed by atoms with Gasteiger partial charge < -0.3 is 13.9 Å². The van der Waals surface area contributed by atoms with Gasteiger partial charge in [0.15, 0.2) is 0 Å². The number of likely N-dealkylation sites (tertiary alicyclic amines) is 1. The van der Waals surface area contributed by atoms with Crippen LogP contribution in [0, 0.1) is 5.92 Å². The Bertz CT molecular complexity index is 666. The Morgan fingerprint density at radius 2 is 1.25 bits per heavy atom. The van der Waals surface area contributed by atoms with Gasteiger partial charge in [-0.25, -0.2) is 8.42 Å². The molecule has 1 saturated heterocycles. The average Bonchev–Trinajstić information content (AvgIpc) is 2.84. The number of unbranched alkanes of at least 4 members (excludes halogenated alkanes) is 13. The second-order valence-electron chi connectivity index (χ2n) is 11.3. The van der Waals surface area contributed by atoms with Crippen molar-refractivity contribution in [2.75, 3.05) is 45.0 Å². The molecular weight excluding hydrogens is 472 g/mol. The van der Waals surface area contributed by atoms with Gasteiger partial charge in [0, 0.05) is 25.3 Å². The van der Waals surface area contributed by atoms with E-state index in [1.54, 1.807) is 0 Å². The van der Waals surface area contributed by atoms with E-state index in [9.17, 15) is 17.8 Å². The SMILES string of the molecule is CCCCCCCCCCCCCCCC[N+]1(CCCS(=O)(=O)[O-])CCCC(C(=O)N(CC)CC)C1. The zero-order valence-electron chi connectivity index (χ0n) is 24.0. The Labute approximate surface area is 223 Å². The molecule has 0 aliphatic carbocycles. The summed E-state index contributed by atoms with van der Waals surface area (Å²) >= 11 is 0. The topological polar surface area (TPSA) is 77.5 Å². The molecule has 1 amide bonds. The molecule has 214 valence electrons. The lowest BCUT2D eigenvalue weighted by Crippen LogP contribution is -2.58. The smallest absolute Gasteiger partial charge is 0.231 e. The summed E-state index contributed by atoms with van der Waals surface area (Å²) in [6.07, 6.45) is 21.0. The molecule has 0 saturated carbocycles. The Morgan fingerprint density at radius 1 is 0.778 bits per heavy atom. The summed E-state index contributed by atoms with van der Waals surface area (Å²) in [5.41, 5.74) is 0. The van der Waals surface area contributed by atoms with Crippen LogP contribution in [0.5, 0.6) is 0 Å². The molecule has 6 nitrogen and oxygen atoms in total. The molecule has 1 rings (SSSR count). The monoisotopic (exact) mass is 530 g/mol. The quantitative estimate of drug-likeness (QED) is 0.0909. The first-order chi connectivity index (χ1) is 17.3. The van der Waals surface area contributed by atoms with Crippen molar-refractivity contribution in [2.45, 2.75) is 130 Å². The summed E-state index contributed by atoms with van der Waals surface area (Å²) < 4.78 is 34.4. The van der Waals surface area contributed by atoms with E-state index in [1.165, 1.54) is 83.5 Å². The van der Waals surface area contributed by atoms with Crippen molar-refractivity contribution in [1.82, 2.24) is 4.90 Å². The van der Waals surface area contributed by atoms with Crippen LogP contribution in [0.3, 0.4) is 0 Å². The molecule has 0 aromatic heterocycles. The summed E-state index contributed by atoms with van der Waals surface area (Å²) in [6.45, 7) is 11.3. The fraction of sp³-hybridized carbons (Fsp3) is 0.966. The van der Waals surface area contributed by atoms with Crippen molar-refractivity contribution >= 4 is 16.0 Å². The Hall–Kier alpha value is -0.660. The van der Waals surface area contributed by atoms with E-state index in [1.807, 2.05) is 18.7 Å². The maximum Gasteiger partial charge on any atom is 0.231 e. The second kappa shape index (κ2) is 19.4. The highest BCUT2D eigenvalue weighted by Gasteiger charge is 2.38. The number of carbonyl (C=O) groups excluding carboxylic acids is 1. The maximum atomic E-state index is 13.1. The first kappa shape index (κ1) is 33.4. The fourth-order valence-electron chi connectivity index (χ4n) is 6.05. The van der Waals surface area contributed by atoms with Crippen molar-refractivity contribution in [2.24, 2.45) is 5.92 Å². The predicted molar refractivity (Wildman–Crippen MR) is 150 cm³/mol. The van der Waals surface area contributed by atoms with Crippen LogP contribution < -0.4 is 0 Å². The van der Waals surface area contributed by atoms with Crippen LogP contribution in [0.25, 0.3) is 0 Å². The molecule has 36 heavy (non-hydrogen) atoms. The molecule has 1 heterocycles. The minimum Gasteiger partial charge on any atom is -0.748 e. The second-order valence-corrected chi connectivity index (χ2v) is 12.8. The van der Waals surface area contributed by atoms with Gasteiger partial charge in [-0.05, 0) is 39.5 Å².